The highest BCUT2D eigenvalue weighted by Crippen LogP contribution is 2.13. The predicted molar refractivity (Wildman–Crippen MR) is 113 cm³/mol. The molecule has 1 aromatic carbocycles. The Balaban J connectivity index is 1.07. The van der Waals surface area contributed by atoms with Crippen molar-refractivity contribution in [2.24, 2.45) is 0 Å². The number of amides is 1. The van der Waals surface area contributed by atoms with E-state index in [4.69, 9.17) is 4.63 Å². The van der Waals surface area contributed by atoms with Gasteiger partial charge in [0.1, 0.15) is 17.4 Å². The van der Waals surface area contributed by atoms with Crippen LogP contribution in [0.1, 0.15) is 16.8 Å². The first-order chi connectivity index (χ1) is 15.7. The van der Waals surface area contributed by atoms with Crippen LogP contribution in [0, 0.1) is 0 Å². The van der Waals surface area contributed by atoms with Gasteiger partial charge in [-0.25, -0.2) is 9.31 Å². The maximum Gasteiger partial charge on any atom is 0.227 e. The van der Waals surface area contributed by atoms with Crippen LogP contribution in [0.3, 0.4) is 0 Å². The molecule has 164 valence electrons. The number of pyridine rings is 1. The number of hydrogen-bond acceptors (Lipinski definition) is 9. The van der Waals surface area contributed by atoms with Crippen molar-refractivity contribution in [1.82, 2.24) is 45.3 Å². The summed E-state index contributed by atoms with van der Waals surface area (Å²) in [6.45, 7) is 4.70. The summed E-state index contributed by atoms with van der Waals surface area (Å²) in [5.74, 6) is 0.142. The van der Waals surface area contributed by atoms with Crippen LogP contribution in [0.2, 0.25) is 0 Å². The lowest BCUT2D eigenvalue weighted by Gasteiger charge is -2.34. The number of tetrazole rings is 1. The zero-order chi connectivity index (χ0) is 21.8. The molecule has 0 unspecified atom stereocenters. The van der Waals surface area contributed by atoms with E-state index in [0.717, 1.165) is 61.4 Å². The van der Waals surface area contributed by atoms with E-state index in [1.807, 2.05) is 29.2 Å². The SMILES string of the molecule is O=C(Cc1ccc(Cn2cnnn2)nc1)N1CCN(CCc2ccc3nonc3c2)CC1. The zero-order valence-corrected chi connectivity index (χ0v) is 17.5. The fourth-order valence-corrected chi connectivity index (χ4v) is 3.85. The van der Waals surface area contributed by atoms with Crippen LogP contribution in [0.15, 0.2) is 47.5 Å². The normalized spacial score (nSPS) is 14.8. The molecule has 0 radical (unpaired) electrons. The molecule has 3 aromatic heterocycles. The number of fused-ring (bicyclic) bond motifs is 1. The van der Waals surface area contributed by atoms with Crippen molar-refractivity contribution in [2.75, 3.05) is 32.7 Å². The number of piperazine rings is 1. The summed E-state index contributed by atoms with van der Waals surface area (Å²) in [6, 6.07) is 9.88. The third-order valence-corrected chi connectivity index (χ3v) is 5.72. The smallest absolute Gasteiger partial charge is 0.227 e. The Morgan fingerprint density at radius 3 is 2.62 bits per heavy atom. The van der Waals surface area contributed by atoms with Gasteiger partial charge in [-0.3, -0.25) is 14.7 Å². The quantitative estimate of drug-likeness (QED) is 0.412. The number of carbonyl (C=O) groups is 1. The number of hydrogen-bond donors (Lipinski definition) is 0. The summed E-state index contributed by atoms with van der Waals surface area (Å²) in [5, 5.41) is 18.8. The van der Waals surface area contributed by atoms with E-state index < -0.39 is 0 Å². The Hall–Kier alpha value is -3.73. The van der Waals surface area contributed by atoms with Gasteiger partial charge in [0.25, 0.3) is 0 Å². The molecule has 11 nitrogen and oxygen atoms in total. The number of benzene rings is 1. The first-order valence-corrected chi connectivity index (χ1v) is 10.6. The van der Waals surface area contributed by atoms with Crippen LogP contribution in [0.25, 0.3) is 11.0 Å². The van der Waals surface area contributed by atoms with Crippen molar-refractivity contribution in [1.29, 1.82) is 0 Å². The monoisotopic (exact) mass is 433 g/mol. The first-order valence-electron chi connectivity index (χ1n) is 10.6. The molecule has 1 amide bonds. The minimum absolute atomic E-state index is 0.142. The highest BCUT2D eigenvalue weighted by atomic mass is 16.6. The van der Waals surface area contributed by atoms with Gasteiger partial charge in [-0.15, -0.1) is 5.10 Å². The minimum atomic E-state index is 0.142. The van der Waals surface area contributed by atoms with Crippen molar-refractivity contribution in [3.05, 3.63) is 59.7 Å². The molecule has 0 aliphatic carbocycles. The number of rotatable bonds is 7. The van der Waals surface area contributed by atoms with E-state index in [1.165, 1.54) is 5.56 Å². The summed E-state index contributed by atoms with van der Waals surface area (Å²) >= 11 is 0. The van der Waals surface area contributed by atoms with Crippen molar-refractivity contribution >= 4 is 16.9 Å². The third-order valence-electron chi connectivity index (χ3n) is 5.72. The van der Waals surface area contributed by atoms with Crippen molar-refractivity contribution < 1.29 is 9.42 Å². The van der Waals surface area contributed by atoms with E-state index >= 15 is 0 Å². The van der Waals surface area contributed by atoms with Crippen LogP contribution in [0.4, 0.5) is 0 Å². The Morgan fingerprint density at radius 2 is 1.84 bits per heavy atom. The van der Waals surface area contributed by atoms with Crippen LogP contribution in [-0.2, 0) is 24.2 Å². The Bertz CT molecular complexity index is 1170. The first kappa shape index (κ1) is 20.2. The second-order valence-electron chi connectivity index (χ2n) is 7.90. The van der Waals surface area contributed by atoms with E-state index in [1.54, 1.807) is 17.2 Å². The maximum absolute atomic E-state index is 12.7. The molecule has 0 atom stereocenters. The van der Waals surface area contributed by atoms with Crippen molar-refractivity contribution in [2.45, 2.75) is 19.4 Å². The highest BCUT2D eigenvalue weighted by Gasteiger charge is 2.21. The summed E-state index contributed by atoms with van der Waals surface area (Å²) < 4.78 is 6.37. The van der Waals surface area contributed by atoms with E-state index in [9.17, 15) is 4.79 Å². The Kier molecular flexibility index (Phi) is 5.79. The van der Waals surface area contributed by atoms with Crippen molar-refractivity contribution in [3.8, 4) is 0 Å². The molecule has 32 heavy (non-hydrogen) atoms. The van der Waals surface area contributed by atoms with Crippen LogP contribution in [0.5, 0.6) is 0 Å². The highest BCUT2D eigenvalue weighted by molar-refractivity contribution is 5.78. The van der Waals surface area contributed by atoms with Gasteiger partial charge in [-0.05, 0) is 56.5 Å². The molecule has 1 saturated heterocycles. The largest absolute Gasteiger partial charge is 0.340 e. The Morgan fingerprint density at radius 1 is 1.00 bits per heavy atom. The molecule has 1 aliphatic rings. The molecule has 4 heterocycles. The average molecular weight is 433 g/mol. The summed E-state index contributed by atoms with van der Waals surface area (Å²) in [4.78, 5) is 21.5. The van der Waals surface area contributed by atoms with Crippen LogP contribution in [-0.4, -0.2) is 83.9 Å². The van der Waals surface area contributed by atoms with Gasteiger partial charge >= 0.3 is 0 Å². The molecule has 1 aliphatic heterocycles. The fourth-order valence-electron chi connectivity index (χ4n) is 3.85. The second kappa shape index (κ2) is 9.18. The van der Waals surface area contributed by atoms with Gasteiger partial charge in [0, 0.05) is 38.9 Å². The number of aromatic nitrogens is 7. The van der Waals surface area contributed by atoms with Gasteiger partial charge in [-0.1, -0.05) is 12.1 Å². The average Bonchev–Trinajstić information content (AvgIpc) is 3.51. The third kappa shape index (κ3) is 4.78. The molecule has 0 spiro atoms. The van der Waals surface area contributed by atoms with E-state index in [2.05, 4.69) is 41.8 Å². The van der Waals surface area contributed by atoms with Crippen LogP contribution < -0.4 is 0 Å². The fraction of sp³-hybridized carbons (Fsp3) is 0.381. The molecule has 11 heteroatoms. The van der Waals surface area contributed by atoms with E-state index in [0.29, 0.717) is 13.0 Å². The maximum atomic E-state index is 12.7. The van der Waals surface area contributed by atoms with Gasteiger partial charge in [0.05, 0.1) is 18.7 Å². The zero-order valence-electron chi connectivity index (χ0n) is 17.5. The Labute approximate surface area is 184 Å². The molecule has 4 aromatic rings. The molecular formula is C21H23N9O2. The summed E-state index contributed by atoms with van der Waals surface area (Å²) in [5.41, 5.74) is 4.54. The molecule has 0 N–H and O–H groups in total. The molecule has 1 fully saturated rings. The number of nitrogens with zero attached hydrogens (tertiary/aromatic N) is 9. The summed E-state index contributed by atoms with van der Waals surface area (Å²) in [7, 11) is 0. The minimum Gasteiger partial charge on any atom is -0.340 e. The van der Waals surface area contributed by atoms with Gasteiger partial charge in [-0.2, -0.15) is 0 Å². The predicted octanol–water partition coefficient (Wildman–Crippen LogP) is 0.582. The van der Waals surface area contributed by atoms with Gasteiger partial charge in [0.15, 0.2) is 0 Å². The molecule has 5 rings (SSSR count). The topological polar surface area (TPSA) is 119 Å². The number of carbonyl (C=O) groups excluding carboxylic acids is 1. The lowest BCUT2D eigenvalue weighted by molar-refractivity contribution is -0.132. The van der Waals surface area contributed by atoms with E-state index in [-0.39, 0.29) is 5.91 Å². The standard InChI is InChI=1S/C21H23N9O2/c31-21(12-17-1-3-18(22-13-17)14-30-15-23-26-27-30)29-9-7-28(8-10-29)6-5-16-2-4-19-20(11-16)25-32-24-19/h1-4,11,13,15H,5-10,12,14H2. The van der Waals surface area contributed by atoms with Crippen LogP contribution >= 0.6 is 0 Å². The molecular weight excluding hydrogens is 410 g/mol. The van der Waals surface area contributed by atoms with Gasteiger partial charge < -0.3 is 4.90 Å². The lowest BCUT2D eigenvalue weighted by Crippen LogP contribution is -2.49. The lowest BCUT2D eigenvalue weighted by atomic mass is 10.1. The van der Waals surface area contributed by atoms with Gasteiger partial charge in [0.2, 0.25) is 5.91 Å². The second-order valence-corrected chi connectivity index (χ2v) is 7.90. The molecule has 0 saturated carbocycles. The summed E-state index contributed by atoms with van der Waals surface area (Å²) in [6.07, 6.45) is 4.60. The molecule has 0 bridgehead atoms. The van der Waals surface area contributed by atoms with Crippen molar-refractivity contribution in [3.63, 3.8) is 0 Å².